The Labute approximate surface area is 137 Å². The van der Waals surface area contributed by atoms with Crippen molar-refractivity contribution in [2.24, 2.45) is 5.92 Å². The van der Waals surface area contributed by atoms with E-state index in [0.717, 1.165) is 16.5 Å². The molecule has 2 heterocycles. The molecule has 0 bridgehead atoms. The molecular weight excluding hydrogens is 312 g/mol. The number of hydrogen-bond donors (Lipinski definition) is 1. The van der Waals surface area contributed by atoms with Gasteiger partial charge in [0.05, 0.1) is 17.4 Å². The summed E-state index contributed by atoms with van der Waals surface area (Å²) in [6.07, 6.45) is 2.74. The molecule has 1 aromatic heterocycles. The van der Waals surface area contributed by atoms with E-state index in [9.17, 15) is 13.5 Å². The second kappa shape index (κ2) is 6.55. The van der Waals surface area contributed by atoms with Gasteiger partial charge >= 0.3 is 0 Å². The number of aliphatic hydroxyl groups is 1. The van der Waals surface area contributed by atoms with Crippen LogP contribution >= 0.6 is 0 Å². The maximum absolute atomic E-state index is 12.7. The van der Waals surface area contributed by atoms with Crippen LogP contribution in [0.3, 0.4) is 0 Å². The van der Waals surface area contributed by atoms with Crippen molar-refractivity contribution < 1.29 is 13.5 Å². The van der Waals surface area contributed by atoms with Crippen LogP contribution in [0.25, 0.3) is 10.9 Å². The minimum atomic E-state index is -3.37. The number of para-hydroxylation sites is 1. The van der Waals surface area contributed by atoms with E-state index in [1.165, 1.54) is 0 Å². The monoisotopic (exact) mass is 334 g/mol. The van der Waals surface area contributed by atoms with Crippen molar-refractivity contribution in [2.75, 3.05) is 13.1 Å². The lowest BCUT2D eigenvalue weighted by Crippen LogP contribution is -2.41. The summed E-state index contributed by atoms with van der Waals surface area (Å²) >= 11 is 0. The third-order valence-corrected chi connectivity index (χ3v) is 6.46. The molecule has 1 fully saturated rings. The molecule has 0 saturated carbocycles. The van der Waals surface area contributed by atoms with Crippen LogP contribution in [0.4, 0.5) is 0 Å². The van der Waals surface area contributed by atoms with E-state index in [1.807, 2.05) is 30.3 Å². The number of piperidine rings is 1. The first kappa shape index (κ1) is 16.4. The van der Waals surface area contributed by atoms with Crippen molar-refractivity contribution >= 4 is 20.9 Å². The van der Waals surface area contributed by atoms with Gasteiger partial charge in [-0.3, -0.25) is 4.98 Å². The minimum Gasteiger partial charge on any atom is -0.393 e. The number of pyridine rings is 1. The Bertz CT molecular complexity index is 776. The number of fused-ring (bicyclic) bond motifs is 1. The smallest absolute Gasteiger partial charge is 0.218 e. The zero-order valence-corrected chi connectivity index (χ0v) is 14.0. The largest absolute Gasteiger partial charge is 0.393 e. The summed E-state index contributed by atoms with van der Waals surface area (Å²) in [5.41, 5.74) is 1.48. The second-order valence-electron chi connectivity index (χ2n) is 6.23. The summed E-state index contributed by atoms with van der Waals surface area (Å²) in [6, 6.07) is 9.42. The normalized spacial score (nSPS) is 19.0. The molecule has 1 aliphatic heterocycles. The number of benzene rings is 1. The molecule has 1 unspecified atom stereocenters. The van der Waals surface area contributed by atoms with Crippen LogP contribution < -0.4 is 0 Å². The highest BCUT2D eigenvalue weighted by molar-refractivity contribution is 7.88. The molecule has 1 aromatic carbocycles. The molecule has 2 aromatic rings. The van der Waals surface area contributed by atoms with Gasteiger partial charge in [-0.05, 0) is 37.3 Å². The molecule has 5 nitrogen and oxygen atoms in total. The van der Waals surface area contributed by atoms with Gasteiger partial charge in [0.15, 0.2) is 0 Å². The Morgan fingerprint density at radius 1 is 1.26 bits per heavy atom. The summed E-state index contributed by atoms with van der Waals surface area (Å²) in [4.78, 5) is 4.33. The van der Waals surface area contributed by atoms with E-state index in [1.54, 1.807) is 17.4 Å². The third kappa shape index (κ3) is 3.54. The lowest BCUT2D eigenvalue weighted by atomic mass is 9.93. The van der Waals surface area contributed by atoms with Gasteiger partial charge in [0.25, 0.3) is 0 Å². The molecule has 0 spiro atoms. The Kier molecular flexibility index (Phi) is 4.66. The first-order valence-electron chi connectivity index (χ1n) is 7.96. The fourth-order valence-electron chi connectivity index (χ4n) is 3.21. The van der Waals surface area contributed by atoms with Gasteiger partial charge in [-0.25, -0.2) is 12.7 Å². The van der Waals surface area contributed by atoms with Crippen LogP contribution in [0, 0.1) is 5.92 Å². The molecule has 0 aliphatic carbocycles. The van der Waals surface area contributed by atoms with Crippen molar-refractivity contribution in [1.29, 1.82) is 0 Å². The van der Waals surface area contributed by atoms with E-state index in [-0.39, 0.29) is 17.8 Å². The first-order chi connectivity index (χ1) is 11.0. The average Bonchev–Trinajstić information content (AvgIpc) is 2.55. The highest BCUT2D eigenvalue weighted by Gasteiger charge is 2.30. The zero-order chi connectivity index (χ0) is 16.4. The molecule has 124 valence electrons. The van der Waals surface area contributed by atoms with E-state index in [0.29, 0.717) is 25.9 Å². The molecule has 6 heteroatoms. The Morgan fingerprint density at radius 3 is 2.65 bits per heavy atom. The van der Waals surface area contributed by atoms with Crippen LogP contribution in [-0.4, -0.2) is 42.0 Å². The van der Waals surface area contributed by atoms with Crippen LogP contribution in [0.1, 0.15) is 25.3 Å². The lowest BCUT2D eigenvalue weighted by molar-refractivity contribution is 0.0912. The molecule has 1 aliphatic rings. The van der Waals surface area contributed by atoms with Crippen LogP contribution in [-0.2, 0) is 15.8 Å². The summed E-state index contributed by atoms with van der Waals surface area (Å²) in [6.45, 7) is 2.74. The van der Waals surface area contributed by atoms with Crippen molar-refractivity contribution in [3.8, 4) is 0 Å². The van der Waals surface area contributed by atoms with E-state index in [2.05, 4.69) is 4.98 Å². The number of aromatic nitrogens is 1. The Morgan fingerprint density at radius 2 is 1.96 bits per heavy atom. The van der Waals surface area contributed by atoms with Gasteiger partial charge in [-0.15, -0.1) is 0 Å². The summed E-state index contributed by atoms with van der Waals surface area (Å²) in [5, 5.41) is 10.6. The summed E-state index contributed by atoms with van der Waals surface area (Å²) in [5.74, 6) is 0.168. The number of rotatable bonds is 4. The lowest BCUT2D eigenvalue weighted by Gasteiger charge is -2.32. The number of sulfonamides is 1. The minimum absolute atomic E-state index is 0.0271. The number of hydrogen-bond acceptors (Lipinski definition) is 4. The molecular formula is C17H22N2O3S. The highest BCUT2D eigenvalue weighted by Crippen LogP contribution is 2.25. The first-order valence-corrected chi connectivity index (χ1v) is 9.57. The maximum atomic E-state index is 12.7. The molecule has 1 saturated heterocycles. The Balaban J connectivity index is 1.79. The SMILES string of the molecule is CC(O)C1CCN(S(=O)(=O)Cc2cccc3cccnc23)CC1. The second-order valence-corrected chi connectivity index (χ2v) is 8.19. The average molecular weight is 334 g/mol. The van der Waals surface area contributed by atoms with Crippen molar-refractivity contribution in [3.63, 3.8) is 0 Å². The highest BCUT2D eigenvalue weighted by atomic mass is 32.2. The van der Waals surface area contributed by atoms with Crippen molar-refractivity contribution in [1.82, 2.24) is 9.29 Å². The van der Waals surface area contributed by atoms with Gasteiger partial charge in [0.2, 0.25) is 10.0 Å². The Hall–Kier alpha value is -1.50. The van der Waals surface area contributed by atoms with Gasteiger partial charge in [-0.1, -0.05) is 24.3 Å². The maximum Gasteiger partial charge on any atom is 0.218 e. The van der Waals surface area contributed by atoms with Crippen molar-refractivity contribution in [3.05, 3.63) is 42.1 Å². The summed E-state index contributed by atoms with van der Waals surface area (Å²) < 4.78 is 27.0. The summed E-state index contributed by atoms with van der Waals surface area (Å²) in [7, 11) is -3.37. The molecule has 0 amide bonds. The molecule has 1 N–H and O–H groups in total. The topological polar surface area (TPSA) is 70.5 Å². The standard InChI is InChI=1S/C17H22N2O3S/c1-13(20)14-7-10-19(11-8-14)23(21,22)12-16-5-2-4-15-6-3-9-18-17(15)16/h2-6,9,13-14,20H,7-8,10-12H2,1H3. The van der Waals surface area contributed by atoms with E-state index < -0.39 is 10.0 Å². The van der Waals surface area contributed by atoms with E-state index in [4.69, 9.17) is 0 Å². The molecule has 3 rings (SSSR count). The third-order valence-electron chi connectivity index (χ3n) is 4.63. The predicted molar refractivity (Wildman–Crippen MR) is 90.3 cm³/mol. The zero-order valence-electron chi connectivity index (χ0n) is 13.2. The molecule has 23 heavy (non-hydrogen) atoms. The van der Waals surface area contributed by atoms with Crippen molar-refractivity contribution in [2.45, 2.75) is 31.6 Å². The molecule has 1 atom stereocenters. The van der Waals surface area contributed by atoms with Gasteiger partial charge in [0.1, 0.15) is 0 Å². The van der Waals surface area contributed by atoms with Gasteiger partial charge < -0.3 is 5.11 Å². The number of nitrogens with zero attached hydrogens (tertiary/aromatic N) is 2. The van der Waals surface area contributed by atoms with Crippen LogP contribution in [0.15, 0.2) is 36.5 Å². The van der Waals surface area contributed by atoms with Gasteiger partial charge in [0, 0.05) is 24.7 Å². The quantitative estimate of drug-likeness (QED) is 0.930. The van der Waals surface area contributed by atoms with Crippen LogP contribution in [0.5, 0.6) is 0 Å². The van der Waals surface area contributed by atoms with E-state index >= 15 is 0 Å². The van der Waals surface area contributed by atoms with Gasteiger partial charge in [-0.2, -0.15) is 0 Å². The fourth-order valence-corrected chi connectivity index (χ4v) is 4.78. The predicted octanol–water partition coefficient (Wildman–Crippen LogP) is 2.16. The molecule has 0 radical (unpaired) electrons. The fraction of sp³-hybridized carbons (Fsp3) is 0.471. The van der Waals surface area contributed by atoms with Crippen LogP contribution in [0.2, 0.25) is 0 Å². The number of aliphatic hydroxyl groups excluding tert-OH is 1.